The minimum absolute atomic E-state index is 0.105. The van der Waals surface area contributed by atoms with Gasteiger partial charge in [-0.05, 0) is 19.1 Å². The quantitative estimate of drug-likeness (QED) is 0.458. The lowest BCUT2D eigenvalue weighted by Crippen LogP contribution is -2.47. The number of likely N-dealkylation sites (N-methyl/N-ethyl adjacent to an activating group) is 1. The topological polar surface area (TPSA) is 119 Å². The van der Waals surface area contributed by atoms with Gasteiger partial charge in [0.15, 0.2) is 5.60 Å². The first-order valence-electron chi connectivity index (χ1n) is 10.7. The molecule has 0 spiro atoms. The zero-order valence-electron chi connectivity index (χ0n) is 19.0. The highest BCUT2D eigenvalue weighted by molar-refractivity contribution is 6.18. The first kappa shape index (κ1) is 22.5. The van der Waals surface area contributed by atoms with E-state index in [9.17, 15) is 9.59 Å². The van der Waals surface area contributed by atoms with Gasteiger partial charge in [-0.25, -0.2) is 4.99 Å². The summed E-state index contributed by atoms with van der Waals surface area (Å²) in [6.07, 6.45) is 6.27. The second-order valence-corrected chi connectivity index (χ2v) is 8.43. The summed E-state index contributed by atoms with van der Waals surface area (Å²) >= 11 is 0. The van der Waals surface area contributed by atoms with Crippen molar-refractivity contribution < 1.29 is 19.1 Å². The molecule has 3 aliphatic rings. The SMILES string of the molecule is CN(C)C(=O)[C@@]1(C)Cc2cc(NC(=O)/C(C=N)=C3\N=CC=CN3)c(N3CCOCC3)cc2O1. The van der Waals surface area contributed by atoms with E-state index in [4.69, 9.17) is 14.9 Å². The minimum Gasteiger partial charge on any atom is -0.477 e. The minimum atomic E-state index is -1.01. The van der Waals surface area contributed by atoms with Crippen LogP contribution in [0.5, 0.6) is 5.75 Å². The van der Waals surface area contributed by atoms with Crippen LogP contribution in [-0.2, 0) is 20.7 Å². The van der Waals surface area contributed by atoms with E-state index in [0.29, 0.717) is 50.0 Å². The molecule has 0 unspecified atom stereocenters. The van der Waals surface area contributed by atoms with Gasteiger partial charge in [-0.2, -0.15) is 0 Å². The van der Waals surface area contributed by atoms with Crippen molar-refractivity contribution in [1.29, 1.82) is 5.41 Å². The number of rotatable bonds is 5. The van der Waals surface area contributed by atoms with E-state index in [0.717, 1.165) is 17.5 Å². The summed E-state index contributed by atoms with van der Waals surface area (Å²) in [5, 5.41) is 13.6. The Balaban J connectivity index is 1.69. The number of morpholine rings is 1. The highest BCUT2D eigenvalue weighted by atomic mass is 16.5. The summed E-state index contributed by atoms with van der Waals surface area (Å²) in [7, 11) is 3.40. The summed E-state index contributed by atoms with van der Waals surface area (Å²) in [6, 6.07) is 3.73. The normalized spacial score (nSPS) is 22.7. The number of allylic oxidation sites excluding steroid dienone is 1. The van der Waals surface area contributed by atoms with Crippen molar-refractivity contribution in [2.75, 3.05) is 50.6 Å². The first-order chi connectivity index (χ1) is 15.8. The van der Waals surface area contributed by atoms with Gasteiger partial charge in [0.05, 0.1) is 30.2 Å². The molecule has 4 rings (SSSR count). The lowest BCUT2D eigenvalue weighted by molar-refractivity contribution is -0.142. The third kappa shape index (κ3) is 4.47. The number of anilines is 2. The van der Waals surface area contributed by atoms with Crippen LogP contribution in [0.15, 0.2) is 40.8 Å². The lowest BCUT2D eigenvalue weighted by Gasteiger charge is -2.31. The van der Waals surface area contributed by atoms with Crippen LogP contribution in [-0.4, -0.2) is 75.1 Å². The van der Waals surface area contributed by atoms with Crippen molar-refractivity contribution in [2.24, 2.45) is 4.99 Å². The maximum Gasteiger partial charge on any atom is 0.266 e. The lowest BCUT2D eigenvalue weighted by atomic mass is 9.97. The number of benzene rings is 1. The number of ether oxygens (including phenoxy) is 2. The smallest absolute Gasteiger partial charge is 0.266 e. The van der Waals surface area contributed by atoms with E-state index < -0.39 is 11.5 Å². The molecule has 33 heavy (non-hydrogen) atoms. The van der Waals surface area contributed by atoms with Gasteiger partial charge in [0.2, 0.25) is 0 Å². The largest absolute Gasteiger partial charge is 0.477 e. The zero-order chi connectivity index (χ0) is 23.6. The third-order valence-electron chi connectivity index (χ3n) is 5.75. The van der Waals surface area contributed by atoms with Crippen LogP contribution in [0.1, 0.15) is 12.5 Å². The molecule has 0 aromatic heterocycles. The Labute approximate surface area is 192 Å². The molecular weight excluding hydrogens is 424 g/mol. The van der Waals surface area contributed by atoms with Crippen molar-refractivity contribution >= 4 is 35.6 Å². The molecule has 1 aromatic carbocycles. The van der Waals surface area contributed by atoms with Crippen molar-refractivity contribution in [3.8, 4) is 5.75 Å². The number of hydrogen-bond acceptors (Lipinski definition) is 8. The molecule has 0 bridgehead atoms. The van der Waals surface area contributed by atoms with E-state index in [-0.39, 0.29) is 11.5 Å². The average Bonchev–Trinajstić information content (AvgIpc) is 3.16. The molecule has 1 fully saturated rings. The van der Waals surface area contributed by atoms with Crippen molar-refractivity contribution in [2.45, 2.75) is 18.9 Å². The fraction of sp³-hybridized carbons (Fsp3) is 0.391. The monoisotopic (exact) mass is 452 g/mol. The van der Waals surface area contributed by atoms with Gasteiger partial charge in [-0.3, -0.25) is 9.59 Å². The van der Waals surface area contributed by atoms with E-state index in [1.54, 1.807) is 39.5 Å². The maximum absolute atomic E-state index is 13.1. The summed E-state index contributed by atoms with van der Waals surface area (Å²) < 4.78 is 11.6. The summed E-state index contributed by atoms with van der Waals surface area (Å²) in [4.78, 5) is 33.6. The molecule has 0 aliphatic carbocycles. The Morgan fingerprint density at radius 2 is 2.06 bits per heavy atom. The molecular formula is C23H28N6O4. The van der Waals surface area contributed by atoms with E-state index in [2.05, 4.69) is 20.5 Å². The Hall–Kier alpha value is -3.66. The molecule has 0 saturated carbocycles. The predicted molar refractivity (Wildman–Crippen MR) is 126 cm³/mol. The number of fused-ring (bicyclic) bond motifs is 1. The number of nitrogens with zero attached hydrogens (tertiary/aromatic N) is 3. The van der Waals surface area contributed by atoms with Crippen LogP contribution in [0.25, 0.3) is 0 Å². The third-order valence-corrected chi connectivity index (χ3v) is 5.75. The highest BCUT2D eigenvalue weighted by Crippen LogP contribution is 2.42. The van der Waals surface area contributed by atoms with E-state index in [1.165, 1.54) is 4.90 Å². The van der Waals surface area contributed by atoms with E-state index in [1.807, 2.05) is 12.1 Å². The molecule has 0 radical (unpaired) electrons. The van der Waals surface area contributed by atoms with Gasteiger partial charge < -0.3 is 35.3 Å². The van der Waals surface area contributed by atoms with Crippen LogP contribution < -0.4 is 20.3 Å². The number of carbonyl (C=O) groups is 2. The molecule has 1 saturated heterocycles. The molecule has 3 N–H and O–H groups in total. The second-order valence-electron chi connectivity index (χ2n) is 8.43. The fourth-order valence-corrected chi connectivity index (χ4v) is 4.15. The maximum atomic E-state index is 13.1. The highest BCUT2D eigenvalue weighted by Gasteiger charge is 2.43. The van der Waals surface area contributed by atoms with Crippen LogP contribution in [0.2, 0.25) is 0 Å². The number of aliphatic imine (C=N–C) groups is 1. The summed E-state index contributed by atoms with van der Waals surface area (Å²) in [6.45, 7) is 4.24. The molecule has 10 heteroatoms. The van der Waals surface area contributed by atoms with E-state index >= 15 is 0 Å². The van der Waals surface area contributed by atoms with Crippen LogP contribution in [0.4, 0.5) is 11.4 Å². The Morgan fingerprint density at radius 1 is 1.30 bits per heavy atom. The van der Waals surface area contributed by atoms with Gasteiger partial charge in [-0.15, -0.1) is 0 Å². The van der Waals surface area contributed by atoms with Gasteiger partial charge in [0.25, 0.3) is 11.8 Å². The average molecular weight is 453 g/mol. The molecule has 1 aromatic rings. The van der Waals surface area contributed by atoms with Crippen LogP contribution >= 0.6 is 0 Å². The zero-order valence-corrected chi connectivity index (χ0v) is 19.0. The number of carbonyl (C=O) groups excluding carboxylic acids is 2. The summed E-state index contributed by atoms with van der Waals surface area (Å²) in [5.74, 6) is 0.343. The van der Waals surface area contributed by atoms with Crippen LogP contribution in [0, 0.1) is 5.41 Å². The number of hydrogen-bond donors (Lipinski definition) is 3. The van der Waals surface area contributed by atoms with Gasteiger partial charge in [-0.1, -0.05) is 0 Å². The standard InChI is InChI=1S/C23H28N6O4/c1-23(22(31)28(2)3)13-15-11-17(18(12-19(15)33-23)29-7-9-32-10-8-29)27-21(30)16(14-24)20-25-5-4-6-26-20/h4-6,11-12,14,24-25H,7-10,13H2,1-3H3,(H,27,30)/b20-16-,24-14?/t23-/m1/s1. The van der Waals surface area contributed by atoms with Crippen molar-refractivity contribution in [1.82, 2.24) is 10.2 Å². The molecule has 1 atom stereocenters. The molecule has 10 nitrogen and oxygen atoms in total. The van der Waals surface area contributed by atoms with Gasteiger partial charge in [0.1, 0.15) is 11.6 Å². The molecule has 174 valence electrons. The van der Waals surface area contributed by atoms with Crippen molar-refractivity contribution in [3.63, 3.8) is 0 Å². The van der Waals surface area contributed by atoms with Gasteiger partial charge in [0, 0.05) is 63.9 Å². The van der Waals surface area contributed by atoms with Gasteiger partial charge >= 0.3 is 0 Å². The van der Waals surface area contributed by atoms with Crippen molar-refractivity contribution in [3.05, 3.63) is 41.4 Å². The first-order valence-corrected chi connectivity index (χ1v) is 10.7. The molecule has 3 heterocycles. The molecule has 2 amide bonds. The fourth-order valence-electron chi connectivity index (χ4n) is 4.15. The number of nitrogens with one attached hydrogen (secondary N) is 3. The second kappa shape index (κ2) is 9.07. The Bertz CT molecular complexity index is 1070. The molecule has 3 aliphatic heterocycles. The Kier molecular flexibility index (Phi) is 6.19. The van der Waals surface area contributed by atoms with Crippen LogP contribution in [0.3, 0.4) is 0 Å². The summed E-state index contributed by atoms with van der Waals surface area (Å²) in [5.41, 5.74) is 1.29. The predicted octanol–water partition coefficient (Wildman–Crippen LogP) is 1.29. The number of amides is 2. The Morgan fingerprint density at radius 3 is 2.70 bits per heavy atom.